The number of hydrogen-bond donors (Lipinski definition) is 1. The van der Waals surface area contributed by atoms with Gasteiger partial charge in [-0.25, -0.2) is 4.98 Å². The van der Waals surface area contributed by atoms with Crippen molar-refractivity contribution in [1.82, 2.24) is 9.55 Å². The van der Waals surface area contributed by atoms with Gasteiger partial charge in [-0.05, 0) is 30.4 Å². The Balaban J connectivity index is 1.66. The third kappa shape index (κ3) is 4.79. The lowest BCUT2D eigenvalue weighted by molar-refractivity contribution is -0.384. The smallest absolute Gasteiger partial charge is 0.293 e. The Morgan fingerprint density at radius 1 is 1.21 bits per heavy atom. The number of nitrogens with one attached hydrogen (secondary N) is 1. The SMILES string of the molecule is C#CCn1cnc(-c2ccccc2)c1NC(=O)c1ccc(N2C[C@H](C)C[C@@H](C)C2)c([N+](=O)[O-])c1. The monoisotopic (exact) mass is 457 g/mol. The molecule has 2 aromatic carbocycles. The van der Waals surface area contributed by atoms with Crippen LogP contribution >= 0.6 is 0 Å². The molecule has 1 N–H and O–H groups in total. The molecule has 3 aromatic rings. The van der Waals surface area contributed by atoms with Crippen molar-refractivity contribution in [2.45, 2.75) is 26.8 Å². The molecule has 0 bridgehead atoms. The molecule has 0 saturated carbocycles. The Kier molecular flexibility index (Phi) is 6.64. The van der Waals surface area contributed by atoms with Crippen molar-refractivity contribution in [1.29, 1.82) is 0 Å². The van der Waals surface area contributed by atoms with Crippen LogP contribution in [0.5, 0.6) is 0 Å². The van der Waals surface area contributed by atoms with Gasteiger partial charge in [0, 0.05) is 30.3 Å². The van der Waals surface area contributed by atoms with Crippen molar-refractivity contribution < 1.29 is 9.72 Å². The largest absolute Gasteiger partial charge is 0.365 e. The molecule has 1 aliphatic heterocycles. The highest BCUT2D eigenvalue weighted by Crippen LogP contribution is 2.34. The summed E-state index contributed by atoms with van der Waals surface area (Å²) in [6, 6.07) is 14.1. The van der Waals surface area contributed by atoms with Gasteiger partial charge in [0.2, 0.25) is 0 Å². The highest BCUT2D eigenvalue weighted by atomic mass is 16.6. The van der Waals surface area contributed by atoms with Gasteiger partial charge in [0.15, 0.2) is 0 Å². The van der Waals surface area contributed by atoms with Gasteiger partial charge in [-0.3, -0.25) is 14.9 Å². The molecule has 1 amide bonds. The molecule has 174 valence electrons. The average molecular weight is 458 g/mol. The minimum atomic E-state index is -0.467. The van der Waals surface area contributed by atoms with E-state index in [1.807, 2.05) is 35.2 Å². The van der Waals surface area contributed by atoms with E-state index in [4.69, 9.17) is 6.42 Å². The molecule has 1 fully saturated rings. The topological polar surface area (TPSA) is 93.3 Å². The van der Waals surface area contributed by atoms with Gasteiger partial charge in [0.05, 0.1) is 17.8 Å². The van der Waals surface area contributed by atoms with Crippen LogP contribution in [-0.2, 0) is 6.54 Å². The van der Waals surface area contributed by atoms with Crippen molar-refractivity contribution in [3.63, 3.8) is 0 Å². The van der Waals surface area contributed by atoms with Crippen molar-refractivity contribution in [3.8, 4) is 23.6 Å². The summed E-state index contributed by atoms with van der Waals surface area (Å²) in [7, 11) is 0. The van der Waals surface area contributed by atoms with Crippen LogP contribution in [0.25, 0.3) is 11.3 Å². The molecular formula is C26H27N5O3. The number of piperidine rings is 1. The van der Waals surface area contributed by atoms with Crippen LogP contribution in [0.2, 0.25) is 0 Å². The molecule has 8 nitrogen and oxygen atoms in total. The number of imidazole rings is 1. The minimum absolute atomic E-state index is 0.0747. The Morgan fingerprint density at radius 2 is 1.91 bits per heavy atom. The number of amides is 1. The lowest BCUT2D eigenvalue weighted by atomic mass is 9.91. The Labute approximate surface area is 198 Å². The summed E-state index contributed by atoms with van der Waals surface area (Å²) in [6.45, 7) is 6.03. The number of carbonyl (C=O) groups is 1. The number of hydrogen-bond acceptors (Lipinski definition) is 5. The zero-order valence-corrected chi connectivity index (χ0v) is 19.3. The molecule has 0 aliphatic carbocycles. The predicted octanol–water partition coefficient (Wildman–Crippen LogP) is 4.83. The summed E-state index contributed by atoms with van der Waals surface area (Å²) in [5.74, 6) is 3.42. The van der Waals surface area contributed by atoms with Crippen LogP contribution in [0, 0.1) is 34.3 Å². The van der Waals surface area contributed by atoms with Crippen LogP contribution in [0.4, 0.5) is 17.2 Å². The fraction of sp³-hybridized carbons (Fsp3) is 0.308. The van der Waals surface area contributed by atoms with E-state index in [1.54, 1.807) is 23.0 Å². The van der Waals surface area contributed by atoms with E-state index in [9.17, 15) is 14.9 Å². The Hall–Kier alpha value is -4.12. The maximum atomic E-state index is 13.2. The standard InChI is InChI=1S/C26H27N5O3/c1-4-12-29-17-27-24(20-8-6-5-7-9-20)25(29)28-26(32)21-10-11-22(23(14-21)31(33)34)30-15-18(2)13-19(3)16-30/h1,5-11,14,17-19H,12-13,15-16H2,2-3H3,(H,28,32)/t18-,19-/m1/s1. The first-order valence-corrected chi connectivity index (χ1v) is 11.3. The second-order valence-corrected chi connectivity index (χ2v) is 8.91. The van der Waals surface area contributed by atoms with E-state index >= 15 is 0 Å². The van der Waals surface area contributed by atoms with Crippen LogP contribution < -0.4 is 10.2 Å². The highest BCUT2D eigenvalue weighted by Gasteiger charge is 2.28. The normalized spacial score (nSPS) is 17.7. The van der Waals surface area contributed by atoms with Gasteiger partial charge < -0.3 is 14.8 Å². The van der Waals surface area contributed by atoms with E-state index in [2.05, 4.69) is 30.1 Å². The number of rotatable bonds is 6. The molecule has 2 heterocycles. The van der Waals surface area contributed by atoms with Crippen LogP contribution in [0.3, 0.4) is 0 Å². The van der Waals surface area contributed by atoms with Gasteiger partial charge in [0.25, 0.3) is 11.6 Å². The van der Waals surface area contributed by atoms with Crippen molar-refractivity contribution >= 4 is 23.1 Å². The van der Waals surface area contributed by atoms with E-state index in [1.165, 1.54) is 6.07 Å². The van der Waals surface area contributed by atoms with E-state index in [0.29, 0.717) is 29.0 Å². The summed E-state index contributed by atoms with van der Waals surface area (Å²) in [4.78, 5) is 31.1. The molecule has 1 saturated heterocycles. The van der Waals surface area contributed by atoms with Gasteiger partial charge in [-0.15, -0.1) is 6.42 Å². The maximum Gasteiger partial charge on any atom is 0.293 e. The molecule has 0 unspecified atom stereocenters. The summed E-state index contributed by atoms with van der Waals surface area (Å²) in [5, 5.41) is 14.8. The molecule has 0 spiro atoms. The minimum Gasteiger partial charge on any atom is -0.365 e. The van der Waals surface area contributed by atoms with Gasteiger partial charge in [-0.2, -0.15) is 0 Å². The van der Waals surface area contributed by atoms with Crippen LogP contribution in [0.15, 0.2) is 54.9 Å². The third-order valence-electron chi connectivity index (χ3n) is 6.02. The van der Waals surface area contributed by atoms with Crippen molar-refractivity contribution in [2.75, 3.05) is 23.3 Å². The molecule has 1 aromatic heterocycles. The molecule has 0 radical (unpaired) electrons. The molecule has 8 heteroatoms. The van der Waals surface area contributed by atoms with Crippen LogP contribution in [0.1, 0.15) is 30.6 Å². The predicted molar refractivity (Wildman–Crippen MR) is 133 cm³/mol. The van der Waals surface area contributed by atoms with E-state index in [0.717, 1.165) is 25.1 Å². The zero-order chi connectivity index (χ0) is 24.2. The van der Waals surface area contributed by atoms with Crippen molar-refractivity contribution in [2.24, 2.45) is 11.8 Å². The molecule has 1 aliphatic rings. The van der Waals surface area contributed by atoms with Gasteiger partial charge in [-0.1, -0.05) is 50.1 Å². The fourth-order valence-electron chi connectivity index (χ4n) is 4.66. The highest BCUT2D eigenvalue weighted by molar-refractivity contribution is 6.06. The molecule has 34 heavy (non-hydrogen) atoms. The first-order chi connectivity index (χ1) is 16.4. The van der Waals surface area contributed by atoms with Crippen LogP contribution in [-0.4, -0.2) is 33.5 Å². The maximum absolute atomic E-state index is 13.2. The number of terminal acetylenes is 1. The third-order valence-corrected chi connectivity index (χ3v) is 6.02. The molecule has 4 rings (SSSR count). The Morgan fingerprint density at radius 3 is 2.56 bits per heavy atom. The number of benzene rings is 2. The molecule has 2 atom stereocenters. The van der Waals surface area contributed by atoms with Gasteiger partial charge in [0.1, 0.15) is 17.2 Å². The van der Waals surface area contributed by atoms with E-state index in [-0.39, 0.29) is 17.8 Å². The zero-order valence-electron chi connectivity index (χ0n) is 19.3. The first kappa shape index (κ1) is 23.1. The summed E-state index contributed by atoms with van der Waals surface area (Å²) in [6.07, 6.45) is 8.16. The second-order valence-electron chi connectivity index (χ2n) is 8.91. The quantitative estimate of drug-likeness (QED) is 0.325. The number of nitro benzene ring substituents is 1. The number of nitro groups is 1. The number of anilines is 2. The number of aromatic nitrogens is 2. The average Bonchev–Trinajstić information content (AvgIpc) is 3.21. The van der Waals surface area contributed by atoms with Crippen molar-refractivity contribution in [3.05, 3.63) is 70.5 Å². The fourth-order valence-corrected chi connectivity index (χ4v) is 4.66. The van der Waals surface area contributed by atoms with E-state index < -0.39 is 10.8 Å². The summed E-state index contributed by atoms with van der Waals surface area (Å²) >= 11 is 0. The molecular weight excluding hydrogens is 430 g/mol. The Bertz CT molecular complexity index is 1240. The first-order valence-electron chi connectivity index (χ1n) is 11.3. The summed E-state index contributed by atoms with van der Waals surface area (Å²) < 4.78 is 1.67. The lowest BCUT2D eigenvalue weighted by Crippen LogP contribution is -2.39. The second kappa shape index (κ2) is 9.79. The number of nitrogens with zero attached hydrogens (tertiary/aromatic N) is 4. The lowest BCUT2D eigenvalue weighted by Gasteiger charge is -2.36. The van der Waals surface area contributed by atoms with Gasteiger partial charge >= 0.3 is 0 Å². The summed E-state index contributed by atoms with van der Waals surface area (Å²) in [5.41, 5.74) is 2.06. The number of carbonyl (C=O) groups excluding carboxylic acids is 1.